The van der Waals surface area contributed by atoms with Crippen LogP contribution >= 0.6 is 0 Å². The van der Waals surface area contributed by atoms with Gasteiger partial charge in [-0.2, -0.15) is 0 Å². The maximum atomic E-state index is 13.5. The highest BCUT2D eigenvalue weighted by molar-refractivity contribution is 5.82. The van der Waals surface area contributed by atoms with Crippen LogP contribution in [0.4, 0.5) is 0 Å². The number of hydrogen-bond donors (Lipinski definition) is 1. The van der Waals surface area contributed by atoms with Crippen molar-refractivity contribution in [3.63, 3.8) is 0 Å². The SMILES string of the molecule is NCCCOc1cccc(C(C(=O)OC2CCN(Cc3ccccc3)CC2)c2ccccc2)c1. The smallest absolute Gasteiger partial charge is 0.318 e. The quantitative estimate of drug-likeness (QED) is 0.351. The second-order valence-corrected chi connectivity index (χ2v) is 8.80. The summed E-state index contributed by atoms with van der Waals surface area (Å²) in [5.74, 6) is 0.0577. The first-order valence-corrected chi connectivity index (χ1v) is 12.2. The molecule has 0 aromatic heterocycles. The standard InChI is InChI=1S/C29H34N2O3/c30-17-8-20-33-27-14-7-13-25(21-27)28(24-11-5-2-6-12-24)29(32)34-26-15-18-31(19-16-26)22-23-9-3-1-4-10-23/h1-7,9-14,21,26,28H,8,15-20,22,30H2. The summed E-state index contributed by atoms with van der Waals surface area (Å²) in [6.07, 6.45) is 2.43. The fourth-order valence-corrected chi connectivity index (χ4v) is 4.43. The van der Waals surface area contributed by atoms with Crippen molar-refractivity contribution in [2.45, 2.75) is 37.8 Å². The van der Waals surface area contributed by atoms with Gasteiger partial charge in [-0.05, 0) is 54.6 Å². The predicted octanol–water partition coefficient (Wildman–Crippen LogP) is 4.75. The average Bonchev–Trinajstić information content (AvgIpc) is 2.87. The molecule has 2 N–H and O–H groups in total. The predicted molar refractivity (Wildman–Crippen MR) is 135 cm³/mol. The van der Waals surface area contributed by atoms with Crippen molar-refractivity contribution in [3.8, 4) is 5.75 Å². The van der Waals surface area contributed by atoms with Crippen LogP contribution in [-0.2, 0) is 16.1 Å². The van der Waals surface area contributed by atoms with Crippen LogP contribution in [0.5, 0.6) is 5.75 Å². The second kappa shape index (κ2) is 12.4. The first-order chi connectivity index (χ1) is 16.7. The highest BCUT2D eigenvalue weighted by Crippen LogP contribution is 2.30. The van der Waals surface area contributed by atoms with Gasteiger partial charge in [0.15, 0.2) is 0 Å². The van der Waals surface area contributed by atoms with Gasteiger partial charge in [0, 0.05) is 19.6 Å². The maximum Gasteiger partial charge on any atom is 0.318 e. The van der Waals surface area contributed by atoms with E-state index >= 15 is 0 Å². The molecule has 0 spiro atoms. The molecule has 4 rings (SSSR count). The van der Waals surface area contributed by atoms with Crippen molar-refractivity contribution in [1.29, 1.82) is 0 Å². The number of ether oxygens (including phenoxy) is 2. The Labute approximate surface area is 202 Å². The third-order valence-electron chi connectivity index (χ3n) is 6.24. The van der Waals surface area contributed by atoms with E-state index in [9.17, 15) is 4.79 Å². The average molecular weight is 459 g/mol. The Kier molecular flexibility index (Phi) is 8.71. The minimum Gasteiger partial charge on any atom is -0.494 e. The van der Waals surface area contributed by atoms with Crippen LogP contribution in [0.25, 0.3) is 0 Å². The molecule has 0 radical (unpaired) electrons. The first-order valence-electron chi connectivity index (χ1n) is 12.2. The summed E-state index contributed by atoms with van der Waals surface area (Å²) in [6.45, 7) is 3.93. The van der Waals surface area contributed by atoms with E-state index in [0.717, 1.165) is 55.8 Å². The highest BCUT2D eigenvalue weighted by Gasteiger charge is 2.29. The van der Waals surface area contributed by atoms with Crippen LogP contribution in [0.3, 0.4) is 0 Å². The Morgan fingerprint density at radius 2 is 1.59 bits per heavy atom. The largest absolute Gasteiger partial charge is 0.494 e. The van der Waals surface area contributed by atoms with E-state index in [1.54, 1.807) is 0 Å². The van der Waals surface area contributed by atoms with E-state index in [0.29, 0.717) is 13.2 Å². The highest BCUT2D eigenvalue weighted by atomic mass is 16.5. The summed E-state index contributed by atoms with van der Waals surface area (Å²) >= 11 is 0. The Bertz CT molecular complexity index is 1020. The van der Waals surface area contributed by atoms with E-state index in [4.69, 9.17) is 15.2 Å². The third-order valence-corrected chi connectivity index (χ3v) is 6.24. The van der Waals surface area contributed by atoms with Crippen LogP contribution < -0.4 is 10.5 Å². The minimum atomic E-state index is -0.485. The Morgan fingerprint density at radius 1 is 0.912 bits per heavy atom. The number of carbonyl (C=O) groups excluding carboxylic acids is 1. The number of nitrogens with two attached hydrogens (primary N) is 1. The molecule has 3 aromatic carbocycles. The number of likely N-dealkylation sites (tertiary alicyclic amines) is 1. The summed E-state index contributed by atoms with van der Waals surface area (Å²) in [5, 5.41) is 0. The van der Waals surface area contributed by atoms with Crippen molar-refractivity contribution in [1.82, 2.24) is 4.90 Å². The van der Waals surface area contributed by atoms with Crippen LogP contribution in [0.15, 0.2) is 84.9 Å². The Morgan fingerprint density at radius 3 is 2.29 bits per heavy atom. The number of esters is 1. The molecule has 0 aliphatic carbocycles. The topological polar surface area (TPSA) is 64.8 Å². The fraction of sp³-hybridized carbons (Fsp3) is 0.345. The molecule has 0 saturated carbocycles. The van der Waals surface area contributed by atoms with E-state index in [1.165, 1.54) is 5.56 Å². The molecule has 1 aliphatic rings. The van der Waals surface area contributed by atoms with Gasteiger partial charge in [-0.1, -0.05) is 72.8 Å². The van der Waals surface area contributed by atoms with Crippen LogP contribution in [-0.4, -0.2) is 43.2 Å². The number of nitrogens with zero attached hydrogens (tertiary/aromatic N) is 1. The number of carbonyl (C=O) groups is 1. The Hall–Kier alpha value is -3.15. The van der Waals surface area contributed by atoms with Gasteiger partial charge in [-0.25, -0.2) is 0 Å². The van der Waals surface area contributed by atoms with Gasteiger partial charge < -0.3 is 15.2 Å². The lowest BCUT2D eigenvalue weighted by atomic mass is 9.91. The van der Waals surface area contributed by atoms with E-state index in [1.807, 2.05) is 60.7 Å². The lowest BCUT2D eigenvalue weighted by Gasteiger charge is -2.32. The lowest BCUT2D eigenvalue weighted by Crippen LogP contribution is -2.38. The van der Waals surface area contributed by atoms with E-state index in [2.05, 4.69) is 29.2 Å². The maximum absolute atomic E-state index is 13.5. The zero-order valence-corrected chi connectivity index (χ0v) is 19.6. The fourth-order valence-electron chi connectivity index (χ4n) is 4.43. The number of benzene rings is 3. The molecule has 1 heterocycles. The molecular formula is C29H34N2O3. The molecule has 34 heavy (non-hydrogen) atoms. The Balaban J connectivity index is 1.41. The second-order valence-electron chi connectivity index (χ2n) is 8.80. The van der Waals surface area contributed by atoms with Gasteiger partial charge in [0.05, 0.1) is 6.61 Å². The molecule has 0 bridgehead atoms. The summed E-state index contributed by atoms with van der Waals surface area (Å²) in [6, 6.07) is 28.1. The van der Waals surface area contributed by atoms with Gasteiger partial charge in [-0.15, -0.1) is 0 Å². The molecule has 5 nitrogen and oxygen atoms in total. The van der Waals surface area contributed by atoms with Crippen molar-refractivity contribution in [3.05, 3.63) is 102 Å². The van der Waals surface area contributed by atoms with Gasteiger partial charge in [0.2, 0.25) is 0 Å². The molecule has 1 unspecified atom stereocenters. The summed E-state index contributed by atoms with van der Waals surface area (Å²) in [7, 11) is 0. The molecule has 5 heteroatoms. The normalized spacial score (nSPS) is 15.6. The van der Waals surface area contributed by atoms with Crippen molar-refractivity contribution < 1.29 is 14.3 Å². The van der Waals surface area contributed by atoms with E-state index in [-0.39, 0.29) is 12.1 Å². The summed E-state index contributed by atoms with van der Waals surface area (Å²) < 4.78 is 11.9. The molecule has 1 saturated heterocycles. The minimum absolute atomic E-state index is 0.0604. The van der Waals surface area contributed by atoms with Gasteiger partial charge in [0.25, 0.3) is 0 Å². The zero-order chi connectivity index (χ0) is 23.6. The molecule has 178 valence electrons. The van der Waals surface area contributed by atoms with Gasteiger partial charge in [-0.3, -0.25) is 9.69 Å². The number of rotatable bonds is 10. The van der Waals surface area contributed by atoms with Crippen molar-refractivity contribution in [2.75, 3.05) is 26.2 Å². The molecule has 3 aromatic rings. The number of piperidine rings is 1. The monoisotopic (exact) mass is 458 g/mol. The van der Waals surface area contributed by atoms with Crippen LogP contribution in [0.2, 0.25) is 0 Å². The van der Waals surface area contributed by atoms with Gasteiger partial charge >= 0.3 is 5.97 Å². The van der Waals surface area contributed by atoms with Crippen molar-refractivity contribution >= 4 is 5.97 Å². The van der Waals surface area contributed by atoms with Crippen molar-refractivity contribution in [2.24, 2.45) is 5.73 Å². The third kappa shape index (κ3) is 6.69. The lowest BCUT2D eigenvalue weighted by molar-refractivity contribution is -0.152. The van der Waals surface area contributed by atoms with E-state index < -0.39 is 5.92 Å². The first kappa shape index (κ1) is 24.0. The molecular weight excluding hydrogens is 424 g/mol. The molecule has 0 amide bonds. The summed E-state index contributed by atoms with van der Waals surface area (Å²) in [4.78, 5) is 15.9. The van der Waals surface area contributed by atoms with Crippen LogP contribution in [0.1, 0.15) is 41.9 Å². The zero-order valence-electron chi connectivity index (χ0n) is 19.6. The summed E-state index contributed by atoms with van der Waals surface area (Å²) in [5.41, 5.74) is 8.70. The number of hydrogen-bond acceptors (Lipinski definition) is 5. The van der Waals surface area contributed by atoms with Gasteiger partial charge in [0.1, 0.15) is 17.8 Å². The molecule has 1 atom stereocenters. The molecule has 1 fully saturated rings. The van der Waals surface area contributed by atoms with Crippen LogP contribution in [0, 0.1) is 0 Å². The molecule has 1 aliphatic heterocycles.